The summed E-state index contributed by atoms with van der Waals surface area (Å²) in [6.07, 6.45) is 3.37. The number of nitrogen functional groups attached to an aromatic ring is 1. The predicted molar refractivity (Wildman–Crippen MR) is 66.1 cm³/mol. The van der Waals surface area contributed by atoms with Gasteiger partial charge in [-0.25, -0.2) is 9.97 Å². The number of pyridine rings is 2. The van der Waals surface area contributed by atoms with E-state index in [1.807, 2.05) is 12.1 Å². The average molecular weight is 280 g/mol. The lowest BCUT2D eigenvalue weighted by molar-refractivity contribution is 0.398. The highest BCUT2D eigenvalue weighted by Gasteiger charge is 2.05. The van der Waals surface area contributed by atoms with Crippen LogP contribution in [-0.2, 0) is 0 Å². The maximum absolute atomic E-state index is 5.80. The number of ether oxygens (including phenoxy) is 1. The minimum Gasteiger partial charge on any atom is -0.481 e. The standard InChI is InChI=1S/C11H10BrN3O/c1-16-10-3-2-7(5-14-10)9-4-8(12)6-15-11(9)13/h2-6H,1H3,(H2,13,15). The number of anilines is 1. The lowest BCUT2D eigenvalue weighted by Gasteiger charge is -2.05. The Morgan fingerprint density at radius 2 is 2.06 bits per heavy atom. The van der Waals surface area contributed by atoms with Crippen molar-refractivity contribution in [3.05, 3.63) is 35.1 Å². The van der Waals surface area contributed by atoms with Crippen molar-refractivity contribution in [3.63, 3.8) is 0 Å². The Hall–Kier alpha value is -1.62. The molecule has 2 aromatic heterocycles. The van der Waals surface area contributed by atoms with Crippen LogP contribution in [0.1, 0.15) is 0 Å². The third-order valence-corrected chi connectivity index (χ3v) is 2.58. The molecular formula is C11H10BrN3O. The van der Waals surface area contributed by atoms with Crippen molar-refractivity contribution < 1.29 is 4.74 Å². The van der Waals surface area contributed by atoms with Crippen molar-refractivity contribution in [2.75, 3.05) is 12.8 Å². The minimum absolute atomic E-state index is 0.482. The molecule has 0 spiro atoms. The third-order valence-electron chi connectivity index (χ3n) is 2.14. The molecule has 0 saturated carbocycles. The lowest BCUT2D eigenvalue weighted by Crippen LogP contribution is -1.94. The summed E-state index contributed by atoms with van der Waals surface area (Å²) in [6, 6.07) is 5.59. The van der Waals surface area contributed by atoms with Gasteiger partial charge < -0.3 is 10.5 Å². The van der Waals surface area contributed by atoms with Crippen LogP contribution >= 0.6 is 15.9 Å². The van der Waals surface area contributed by atoms with E-state index in [-0.39, 0.29) is 0 Å². The van der Waals surface area contributed by atoms with Crippen LogP contribution < -0.4 is 10.5 Å². The van der Waals surface area contributed by atoms with Gasteiger partial charge in [-0.15, -0.1) is 0 Å². The van der Waals surface area contributed by atoms with Crippen molar-refractivity contribution in [3.8, 4) is 17.0 Å². The molecule has 0 unspecified atom stereocenters. The van der Waals surface area contributed by atoms with Crippen LogP contribution in [0.2, 0.25) is 0 Å². The highest BCUT2D eigenvalue weighted by atomic mass is 79.9. The van der Waals surface area contributed by atoms with Crippen LogP contribution in [0.5, 0.6) is 5.88 Å². The third kappa shape index (κ3) is 2.14. The first kappa shape index (κ1) is 10.9. The Kier molecular flexibility index (Phi) is 3.05. The van der Waals surface area contributed by atoms with Crippen LogP contribution in [0, 0.1) is 0 Å². The summed E-state index contributed by atoms with van der Waals surface area (Å²) in [5, 5.41) is 0. The Morgan fingerprint density at radius 1 is 1.25 bits per heavy atom. The molecule has 2 rings (SSSR count). The fraction of sp³-hybridized carbons (Fsp3) is 0.0909. The topological polar surface area (TPSA) is 61.0 Å². The zero-order valence-electron chi connectivity index (χ0n) is 8.64. The molecule has 0 radical (unpaired) electrons. The molecule has 0 aromatic carbocycles. The Balaban J connectivity index is 2.45. The van der Waals surface area contributed by atoms with Gasteiger partial charge in [0.05, 0.1) is 7.11 Å². The first-order valence-corrected chi connectivity index (χ1v) is 5.41. The minimum atomic E-state index is 0.482. The molecule has 16 heavy (non-hydrogen) atoms. The summed E-state index contributed by atoms with van der Waals surface area (Å²) in [6.45, 7) is 0. The average Bonchev–Trinajstić information content (AvgIpc) is 2.32. The zero-order valence-corrected chi connectivity index (χ0v) is 10.2. The van der Waals surface area contributed by atoms with Gasteiger partial charge in [0.25, 0.3) is 0 Å². The number of nitrogens with zero attached hydrogens (tertiary/aromatic N) is 2. The molecule has 5 heteroatoms. The summed E-state index contributed by atoms with van der Waals surface area (Å²) < 4.78 is 5.87. The Morgan fingerprint density at radius 3 is 2.69 bits per heavy atom. The molecular weight excluding hydrogens is 270 g/mol. The van der Waals surface area contributed by atoms with Gasteiger partial charge in [-0.3, -0.25) is 0 Å². The number of hydrogen-bond donors (Lipinski definition) is 1. The van der Waals surface area contributed by atoms with Crippen LogP contribution in [-0.4, -0.2) is 17.1 Å². The monoisotopic (exact) mass is 279 g/mol. The van der Waals surface area contributed by atoms with Crippen LogP contribution in [0.25, 0.3) is 11.1 Å². The number of aromatic nitrogens is 2. The van der Waals surface area contributed by atoms with Crippen molar-refractivity contribution in [2.24, 2.45) is 0 Å². The van der Waals surface area contributed by atoms with E-state index in [9.17, 15) is 0 Å². The Bertz CT molecular complexity index is 499. The van der Waals surface area contributed by atoms with Gasteiger partial charge >= 0.3 is 0 Å². The van der Waals surface area contributed by atoms with E-state index in [1.165, 1.54) is 0 Å². The van der Waals surface area contributed by atoms with Gasteiger partial charge in [0, 0.05) is 34.1 Å². The number of halogens is 1. The van der Waals surface area contributed by atoms with E-state index in [1.54, 1.807) is 25.6 Å². The second-order valence-electron chi connectivity index (χ2n) is 3.18. The number of nitrogens with two attached hydrogens (primary N) is 1. The van der Waals surface area contributed by atoms with Crippen LogP contribution in [0.4, 0.5) is 5.82 Å². The first-order valence-electron chi connectivity index (χ1n) is 4.62. The van der Waals surface area contributed by atoms with Gasteiger partial charge in [-0.2, -0.15) is 0 Å². The maximum Gasteiger partial charge on any atom is 0.212 e. The zero-order chi connectivity index (χ0) is 11.5. The number of hydrogen-bond acceptors (Lipinski definition) is 4. The molecule has 0 bridgehead atoms. The molecule has 0 aliphatic carbocycles. The van der Waals surface area contributed by atoms with Gasteiger partial charge in [0.1, 0.15) is 5.82 Å². The largest absolute Gasteiger partial charge is 0.481 e. The smallest absolute Gasteiger partial charge is 0.212 e. The molecule has 0 fully saturated rings. The molecule has 0 atom stereocenters. The van der Waals surface area contributed by atoms with E-state index in [4.69, 9.17) is 10.5 Å². The summed E-state index contributed by atoms with van der Waals surface area (Å²) in [4.78, 5) is 8.19. The number of rotatable bonds is 2. The van der Waals surface area contributed by atoms with E-state index < -0.39 is 0 Å². The molecule has 2 aromatic rings. The van der Waals surface area contributed by atoms with Gasteiger partial charge in [-0.1, -0.05) is 0 Å². The summed E-state index contributed by atoms with van der Waals surface area (Å²) in [5.74, 6) is 1.06. The molecule has 0 aliphatic rings. The van der Waals surface area contributed by atoms with Crippen LogP contribution in [0.15, 0.2) is 35.1 Å². The van der Waals surface area contributed by atoms with Crippen molar-refractivity contribution in [1.29, 1.82) is 0 Å². The fourth-order valence-electron chi connectivity index (χ4n) is 1.34. The highest BCUT2D eigenvalue weighted by molar-refractivity contribution is 9.10. The normalized spacial score (nSPS) is 10.1. The summed E-state index contributed by atoms with van der Waals surface area (Å²) in [7, 11) is 1.58. The molecule has 0 saturated heterocycles. The highest BCUT2D eigenvalue weighted by Crippen LogP contribution is 2.27. The van der Waals surface area contributed by atoms with E-state index in [0.29, 0.717) is 11.7 Å². The quantitative estimate of drug-likeness (QED) is 0.918. The van der Waals surface area contributed by atoms with E-state index in [0.717, 1.165) is 15.6 Å². The summed E-state index contributed by atoms with van der Waals surface area (Å²) >= 11 is 3.36. The van der Waals surface area contributed by atoms with Gasteiger partial charge in [0.2, 0.25) is 5.88 Å². The summed E-state index contributed by atoms with van der Waals surface area (Å²) in [5.41, 5.74) is 7.56. The second kappa shape index (κ2) is 4.49. The molecule has 0 aliphatic heterocycles. The maximum atomic E-state index is 5.80. The Labute approximate surface area is 102 Å². The molecule has 4 nitrogen and oxygen atoms in total. The van der Waals surface area contributed by atoms with Crippen LogP contribution in [0.3, 0.4) is 0 Å². The predicted octanol–water partition coefficient (Wildman–Crippen LogP) is 2.50. The first-order chi connectivity index (χ1) is 7.70. The molecule has 2 heterocycles. The molecule has 2 N–H and O–H groups in total. The van der Waals surface area contributed by atoms with Crippen molar-refractivity contribution in [1.82, 2.24) is 9.97 Å². The van der Waals surface area contributed by atoms with E-state index >= 15 is 0 Å². The van der Waals surface area contributed by atoms with E-state index in [2.05, 4.69) is 25.9 Å². The molecule has 82 valence electrons. The fourth-order valence-corrected chi connectivity index (χ4v) is 1.67. The van der Waals surface area contributed by atoms with Gasteiger partial charge in [-0.05, 0) is 28.1 Å². The van der Waals surface area contributed by atoms with Crippen molar-refractivity contribution in [2.45, 2.75) is 0 Å². The lowest BCUT2D eigenvalue weighted by atomic mass is 10.1. The SMILES string of the molecule is COc1ccc(-c2cc(Br)cnc2N)cn1. The van der Waals surface area contributed by atoms with Crippen molar-refractivity contribution >= 4 is 21.7 Å². The van der Waals surface area contributed by atoms with Gasteiger partial charge in [0.15, 0.2) is 0 Å². The number of methoxy groups -OCH3 is 1. The second-order valence-corrected chi connectivity index (χ2v) is 4.09. The molecule has 0 amide bonds.